The molecule has 2 aromatic rings. The number of halogens is 1. The maximum absolute atomic E-state index is 10.5. The first-order chi connectivity index (χ1) is 7.18. The molecule has 3 nitrogen and oxygen atoms in total. The lowest BCUT2D eigenvalue weighted by Gasteiger charge is -1.96. The van der Waals surface area contributed by atoms with Crippen LogP contribution in [0.4, 0.5) is 0 Å². The average molecular weight is 286 g/mol. The van der Waals surface area contributed by atoms with Gasteiger partial charge in [0.2, 0.25) is 0 Å². The number of thioether (sulfide) groups is 1. The molecule has 15 heavy (non-hydrogen) atoms. The van der Waals surface area contributed by atoms with E-state index in [1.54, 1.807) is 0 Å². The summed E-state index contributed by atoms with van der Waals surface area (Å²) in [5.41, 5.74) is 1.00. The van der Waals surface area contributed by atoms with Crippen molar-refractivity contribution >= 4 is 44.6 Å². The summed E-state index contributed by atoms with van der Waals surface area (Å²) in [6, 6.07) is 5.86. The highest BCUT2D eigenvalue weighted by Gasteiger charge is 2.07. The van der Waals surface area contributed by atoms with Crippen molar-refractivity contribution in [3.63, 3.8) is 0 Å². The van der Waals surface area contributed by atoms with E-state index in [1.807, 2.05) is 24.4 Å². The molecule has 0 atom stereocenters. The maximum Gasteiger partial charge on any atom is 0.313 e. The molecule has 0 spiro atoms. The zero-order valence-corrected chi connectivity index (χ0v) is 10.1. The van der Waals surface area contributed by atoms with Crippen LogP contribution in [0.25, 0.3) is 10.9 Å². The molecule has 1 aromatic carbocycles. The topological polar surface area (TPSA) is 53.1 Å². The number of carboxylic acids is 1. The number of nitrogens with one attached hydrogen (secondary N) is 1. The summed E-state index contributed by atoms with van der Waals surface area (Å²) in [6.07, 6.45) is 1.84. The number of hydrogen-bond donors (Lipinski definition) is 2. The summed E-state index contributed by atoms with van der Waals surface area (Å²) in [4.78, 5) is 14.5. The number of para-hydroxylation sites is 1. The molecule has 0 amide bonds. The van der Waals surface area contributed by atoms with Crippen molar-refractivity contribution in [1.29, 1.82) is 0 Å². The van der Waals surface area contributed by atoms with Gasteiger partial charge in [-0.3, -0.25) is 4.79 Å². The van der Waals surface area contributed by atoms with Gasteiger partial charge in [-0.2, -0.15) is 0 Å². The van der Waals surface area contributed by atoms with E-state index >= 15 is 0 Å². The first kappa shape index (κ1) is 10.6. The normalized spacial score (nSPS) is 10.7. The minimum Gasteiger partial charge on any atom is -0.481 e. The van der Waals surface area contributed by atoms with E-state index < -0.39 is 5.97 Å². The predicted octanol–water partition coefficient (Wildman–Crippen LogP) is 3.11. The van der Waals surface area contributed by atoms with Gasteiger partial charge in [0.05, 0.1) is 11.3 Å². The fourth-order valence-corrected chi connectivity index (χ4v) is 2.58. The van der Waals surface area contributed by atoms with Crippen LogP contribution in [0.1, 0.15) is 0 Å². The Labute approximate surface area is 99.0 Å². The number of aromatic nitrogens is 1. The molecule has 0 saturated heterocycles. The Morgan fingerprint density at radius 2 is 2.33 bits per heavy atom. The smallest absolute Gasteiger partial charge is 0.313 e. The molecule has 1 aromatic heterocycles. The lowest BCUT2D eigenvalue weighted by molar-refractivity contribution is -0.133. The number of hydrogen-bond acceptors (Lipinski definition) is 2. The van der Waals surface area contributed by atoms with Crippen molar-refractivity contribution < 1.29 is 9.90 Å². The summed E-state index contributed by atoms with van der Waals surface area (Å²) in [6.45, 7) is 0. The third kappa shape index (κ3) is 2.18. The second kappa shape index (κ2) is 4.28. The van der Waals surface area contributed by atoms with Gasteiger partial charge in [-0.1, -0.05) is 12.1 Å². The Morgan fingerprint density at radius 1 is 1.53 bits per heavy atom. The number of carboxylic acid groups (broad SMARTS) is 1. The molecule has 0 bridgehead atoms. The largest absolute Gasteiger partial charge is 0.481 e. The standard InChI is InChI=1S/C10H8BrNO2S/c11-7-3-1-2-6-8(4-12-10(6)7)15-5-9(13)14/h1-4,12H,5H2,(H,13,14). The van der Waals surface area contributed by atoms with Gasteiger partial charge in [-0.15, -0.1) is 11.8 Å². The number of benzene rings is 1. The zero-order chi connectivity index (χ0) is 10.8. The van der Waals surface area contributed by atoms with Crippen molar-refractivity contribution in [3.8, 4) is 0 Å². The number of H-pyrrole nitrogens is 1. The molecule has 1 heterocycles. The lowest BCUT2D eigenvalue weighted by atomic mass is 10.2. The summed E-state index contributed by atoms with van der Waals surface area (Å²) in [7, 11) is 0. The van der Waals surface area contributed by atoms with Crippen LogP contribution in [-0.4, -0.2) is 21.8 Å². The number of fused-ring (bicyclic) bond motifs is 1. The maximum atomic E-state index is 10.5. The Bertz CT molecular complexity index is 509. The van der Waals surface area contributed by atoms with Crippen molar-refractivity contribution in [2.45, 2.75) is 4.90 Å². The molecule has 0 aliphatic carbocycles. The van der Waals surface area contributed by atoms with Gasteiger partial charge >= 0.3 is 5.97 Å². The van der Waals surface area contributed by atoms with Crippen LogP contribution >= 0.6 is 27.7 Å². The van der Waals surface area contributed by atoms with Crippen LogP contribution in [0, 0.1) is 0 Å². The van der Waals surface area contributed by atoms with E-state index in [9.17, 15) is 4.79 Å². The van der Waals surface area contributed by atoms with Crippen LogP contribution in [0.15, 0.2) is 33.8 Å². The van der Waals surface area contributed by atoms with Gasteiger partial charge < -0.3 is 10.1 Å². The molecule has 78 valence electrons. The lowest BCUT2D eigenvalue weighted by Crippen LogP contribution is -1.96. The highest BCUT2D eigenvalue weighted by atomic mass is 79.9. The third-order valence-electron chi connectivity index (χ3n) is 1.98. The molecule has 2 N–H and O–H groups in total. The van der Waals surface area contributed by atoms with E-state index in [-0.39, 0.29) is 5.75 Å². The van der Waals surface area contributed by atoms with E-state index in [0.29, 0.717) is 0 Å². The Balaban J connectivity index is 2.37. The van der Waals surface area contributed by atoms with Crippen molar-refractivity contribution in [1.82, 2.24) is 4.98 Å². The van der Waals surface area contributed by atoms with Gasteiger partial charge in [-0.05, 0) is 22.0 Å². The highest BCUT2D eigenvalue weighted by Crippen LogP contribution is 2.31. The van der Waals surface area contributed by atoms with Crippen molar-refractivity contribution in [2.24, 2.45) is 0 Å². The average Bonchev–Trinajstić information content (AvgIpc) is 2.59. The molecule has 0 aliphatic rings. The number of aliphatic carboxylic acids is 1. The number of aromatic amines is 1. The van der Waals surface area contributed by atoms with Crippen molar-refractivity contribution in [2.75, 3.05) is 5.75 Å². The summed E-state index contributed by atoms with van der Waals surface area (Å²) < 4.78 is 0.988. The van der Waals surface area contributed by atoms with Crippen molar-refractivity contribution in [3.05, 3.63) is 28.9 Å². The monoisotopic (exact) mass is 285 g/mol. The van der Waals surface area contributed by atoms with E-state index in [4.69, 9.17) is 5.11 Å². The second-order valence-electron chi connectivity index (χ2n) is 3.00. The molecule has 0 radical (unpaired) electrons. The van der Waals surface area contributed by atoms with Gasteiger partial charge in [0.25, 0.3) is 0 Å². The molecular weight excluding hydrogens is 278 g/mol. The van der Waals surface area contributed by atoms with Gasteiger partial charge in [0.1, 0.15) is 0 Å². The minimum atomic E-state index is -0.802. The summed E-state index contributed by atoms with van der Waals surface area (Å²) in [5.74, 6) is -0.719. The fourth-order valence-electron chi connectivity index (χ4n) is 1.35. The Kier molecular flexibility index (Phi) is 3.02. The fraction of sp³-hybridized carbons (Fsp3) is 0.100. The molecule has 0 saturated carbocycles. The van der Waals surface area contributed by atoms with E-state index in [1.165, 1.54) is 11.8 Å². The van der Waals surface area contributed by atoms with Crippen LogP contribution < -0.4 is 0 Å². The molecule has 0 unspecified atom stereocenters. The van der Waals surface area contributed by atoms with Gasteiger partial charge in [0.15, 0.2) is 0 Å². The summed E-state index contributed by atoms with van der Waals surface area (Å²) >= 11 is 4.76. The molecular formula is C10H8BrNO2S. The quantitative estimate of drug-likeness (QED) is 0.852. The number of carbonyl (C=O) groups is 1. The minimum absolute atomic E-state index is 0.0828. The number of rotatable bonds is 3. The Morgan fingerprint density at radius 3 is 3.07 bits per heavy atom. The molecule has 5 heteroatoms. The van der Waals surface area contributed by atoms with Crippen LogP contribution in [0.2, 0.25) is 0 Å². The van der Waals surface area contributed by atoms with Gasteiger partial charge in [-0.25, -0.2) is 0 Å². The van der Waals surface area contributed by atoms with Crippen LogP contribution in [0.3, 0.4) is 0 Å². The van der Waals surface area contributed by atoms with Crippen LogP contribution in [-0.2, 0) is 4.79 Å². The van der Waals surface area contributed by atoms with E-state index in [0.717, 1.165) is 20.3 Å². The Hall–Kier alpha value is -0.940. The predicted molar refractivity (Wildman–Crippen MR) is 64.4 cm³/mol. The third-order valence-corrected chi connectivity index (χ3v) is 3.68. The van der Waals surface area contributed by atoms with Crippen LogP contribution in [0.5, 0.6) is 0 Å². The first-order valence-corrected chi connectivity index (χ1v) is 6.06. The molecule has 0 aliphatic heterocycles. The first-order valence-electron chi connectivity index (χ1n) is 4.28. The van der Waals surface area contributed by atoms with E-state index in [2.05, 4.69) is 20.9 Å². The molecule has 2 rings (SSSR count). The highest BCUT2D eigenvalue weighted by molar-refractivity contribution is 9.10. The zero-order valence-electron chi connectivity index (χ0n) is 7.66. The SMILES string of the molecule is O=C(O)CSc1c[nH]c2c(Br)cccc12. The summed E-state index contributed by atoms with van der Waals surface area (Å²) in [5, 5.41) is 9.65. The molecule has 0 fully saturated rings. The van der Waals surface area contributed by atoms with Gasteiger partial charge in [0, 0.05) is 21.0 Å². The second-order valence-corrected chi connectivity index (χ2v) is 4.87.